The van der Waals surface area contributed by atoms with Crippen LogP contribution in [0.2, 0.25) is 10.0 Å². The molecule has 3 aromatic carbocycles. The second-order valence-corrected chi connectivity index (χ2v) is 9.47. The van der Waals surface area contributed by atoms with Crippen molar-refractivity contribution in [3.63, 3.8) is 0 Å². The lowest BCUT2D eigenvalue weighted by molar-refractivity contribution is -0.114. The van der Waals surface area contributed by atoms with E-state index in [0.717, 1.165) is 5.56 Å². The molecule has 180 valence electrons. The van der Waals surface area contributed by atoms with Gasteiger partial charge in [-0.2, -0.15) is 15.1 Å². The van der Waals surface area contributed by atoms with Gasteiger partial charge in [0.15, 0.2) is 17.3 Å². The van der Waals surface area contributed by atoms with E-state index in [1.165, 1.54) is 23.9 Å². The molecule has 0 fully saturated rings. The predicted octanol–water partition coefficient (Wildman–Crippen LogP) is 6.25. The van der Waals surface area contributed by atoms with Crippen LogP contribution in [0.5, 0.6) is 11.5 Å². The summed E-state index contributed by atoms with van der Waals surface area (Å²) in [6, 6.07) is 19.9. The van der Waals surface area contributed by atoms with E-state index >= 15 is 0 Å². The average molecular weight is 537 g/mol. The molecular weight excluding hydrogens is 519 g/mol. The molecule has 2 heterocycles. The number of hydrazone groups is 1. The summed E-state index contributed by atoms with van der Waals surface area (Å²) in [4.78, 5) is 16.9. The molecule has 3 aromatic rings. The van der Waals surface area contributed by atoms with Crippen LogP contribution >= 0.6 is 35.0 Å². The van der Waals surface area contributed by atoms with Gasteiger partial charge in [-0.3, -0.25) is 10.2 Å². The summed E-state index contributed by atoms with van der Waals surface area (Å²) in [7, 11) is 1.53. The van der Waals surface area contributed by atoms with Crippen LogP contribution in [0.4, 0.5) is 0 Å². The van der Waals surface area contributed by atoms with Gasteiger partial charge in [-0.15, -0.1) is 0 Å². The van der Waals surface area contributed by atoms with Crippen LogP contribution in [0.3, 0.4) is 0 Å². The number of thioether (sulfide) groups is 1. The van der Waals surface area contributed by atoms with Crippen molar-refractivity contribution in [2.24, 2.45) is 10.1 Å². The molecular formula is C26H18Cl2N4O3S. The van der Waals surface area contributed by atoms with Crippen molar-refractivity contribution in [2.75, 3.05) is 7.11 Å². The Balaban J connectivity index is 1.39. The summed E-state index contributed by atoms with van der Waals surface area (Å²) in [6.07, 6.45) is 1.58. The fourth-order valence-corrected chi connectivity index (χ4v) is 4.97. The quantitative estimate of drug-likeness (QED) is 0.376. The minimum absolute atomic E-state index is 0.0717. The number of methoxy groups -OCH3 is 1. The number of benzene rings is 3. The number of hydrogen-bond donors (Lipinski definition) is 1. The van der Waals surface area contributed by atoms with Gasteiger partial charge in [0.1, 0.15) is 11.7 Å². The van der Waals surface area contributed by atoms with Gasteiger partial charge in [0.25, 0.3) is 5.91 Å². The van der Waals surface area contributed by atoms with Crippen LogP contribution < -0.4 is 9.47 Å². The highest BCUT2D eigenvalue weighted by Crippen LogP contribution is 2.34. The number of carbonyl (C=O) groups is 1. The van der Waals surface area contributed by atoms with Gasteiger partial charge >= 0.3 is 0 Å². The first-order chi connectivity index (χ1) is 17.4. The van der Waals surface area contributed by atoms with Crippen molar-refractivity contribution in [1.29, 1.82) is 5.41 Å². The molecule has 0 saturated heterocycles. The highest BCUT2D eigenvalue weighted by atomic mass is 35.5. The number of aliphatic imine (C=N–C) groups is 1. The van der Waals surface area contributed by atoms with E-state index in [1.807, 2.05) is 36.4 Å². The van der Waals surface area contributed by atoms with Crippen molar-refractivity contribution in [1.82, 2.24) is 5.01 Å². The van der Waals surface area contributed by atoms with Gasteiger partial charge in [0.2, 0.25) is 5.17 Å². The molecule has 7 nitrogen and oxygen atoms in total. The Morgan fingerprint density at radius 1 is 1.03 bits per heavy atom. The van der Waals surface area contributed by atoms with E-state index in [2.05, 4.69) is 10.1 Å². The smallest absolute Gasteiger partial charge is 0.283 e. The van der Waals surface area contributed by atoms with E-state index in [4.69, 9.17) is 38.1 Å². The maximum atomic E-state index is 12.8. The van der Waals surface area contributed by atoms with Crippen molar-refractivity contribution >= 4 is 63.0 Å². The molecule has 0 bridgehead atoms. The molecule has 1 N–H and O–H groups in total. The molecule has 0 atom stereocenters. The molecule has 2 aliphatic heterocycles. The summed E-state index contributed by atoms with van der Waals surface area (Å²) in [5, 5.41) is 16.5. The summed E-state index contributed by atoms with van der Waals surface area (Å²) in [5.74, 6) is 0.408. The normalized spacial score (nSPS) is 16.1. The molecule has 2 aliphatic rings. The molecule has 5 rings (SSSR count). The minimum atomic E-state index is -0.521. The molecule has 36 heavy (non-hydrogen) atoms. The number of amidine groups is 2. The minimum Gasteiger partial charge on any atom is -0.493 e. The molecule has 0 spiro atoms. The van der Waals surface area contributed by atoms with Gasteiger partial charge in [-0.25, -0.2) is 0 Å². The van der Waals surface area contributed by atoms with Crippen molar-refractivity contribution < 1.29 is 14.3 Å². The lowest BCUT2D eigenvalue weighted by Crippen LogP contribution is -2.35. The zero-order chi connectivity index (χ0) is 25.2. The number of rotatable bonds is 6. The van der Waals surface area contributed by atoms with Crippen LogP contribution in [-0.4, -0.2) is 34.1 Å². The standard InChI is InChI=1S/C26H18Cl2N4O3S/c1-34-22-13-15(10-11-21(22)35-14-16-6-2-4-8-19(16)27)12-18-23(29)32-26(30-24(18)33)36-25(31-32)17-7-3-5-9-20(17)28/h2-13,29H,14H2,1H3/b18-12+,29-23?. The van der Waals surface area contributed by atoms with Gasteiger partial charge < -0.3 is 9.47 Å². The number of nitrogens with zero attached hydrogens (tertiary/aromatic N) is 3. The third-order valence-electron chi connectivity index (χ3n) is 5.40. The van der Waals surface area contributed by atoms with Crippen molar-refractivity contribution in [2.45, 2.75) is 6.61 Å². The fourth-order valence-electron chi connectivity index (χ4n) is 3.57. The van der Waals surface area contributed by atoms with Gasteiger partial charge in [0.05, 0.1) is 17.7 Å². The van der Waals surface area contributed by atoms with E-state index in [1.54, 1.807) is 36.4 Å². The second kappa shape index (κ2) is 10.2. The molecule has 0 radical (unpaired) electrons. The summed E-state index contributed by atoms with van der Waals surface area (Å²) >= 11 is 13.7. The van der Waals surface area contributed by atoms with Gasteiger partial charge in [-0.1, -0.05) is 65.7 Å². The van der Waals surface area contributed by atoms with Gasteiger partial charge in [0, 0.05) is 16.1 Å². The zero-order valence-corrected chi connectivity index (χ0v) is 21.2. The van der Waals surface area contributed by atoms with Crippen LogP contribution in [0.25, 0.3) is 6.08 Å². The number of fused-ring (bicyclic) bond motifs is 1. The second-order valence-electron chi connectivity index (χ2n) is 7.70. The molecule has 1 amide bonds. The topological polar surface area (TPSA) is 87.3 Å². The fraction of sp³-hybridized carbons (Fsp3) is 0.0769. The first kappa shape index (κ1) is 24.1. The van der Waals surface area contributed by atoms with Crippen LogP contribution in [0.15, 0.2) is 82.4 Å². The number of nitrogens with one attached hydrogen (secondary N) is 1. The Kier molecular flexibility index (Phi) is 6.82. The van der Waals surface area contributed by atoms with E-state index in [0.29, 0.717) is 42.9 Å². The summed E-state index contributed by atoms with van der Waals surface area (Å²) in [5.41, 5.74) is 2.31. The third-order valence-corrected chi connectivity index (χ3v) is 7.04. The number of carbonyl (C=O) groups excluding carboxylic acids is 1. The Morgan fingerprint density at radius 3 is 2.53 bits per heavy atom. The lowest BCUT2D eigenvalue weighted by atomic mass is 10.1. The van der Waals surface area contributed by atoms with E-state index < -0.39 is 5.91 Å². The first-order valence-corrected chi connectivity index (χ1v) is 12.3. The number of hydrogen-bond acceptors (Lipinski definition) is 6. The molecule has 0 aliphatic carbocycles. The van der Waals surface area contributed by atoms with Crippen molar-refractivity contribution in [3.8, 4) is 11.5 Å². The number of halogens is 2. The maximum absolute atomic E-state index is 12.8. The summed E-state index contributed by atoms with van der Waals surface area (Å²) < 4.78 is 11.4. The monoisotopic (exact) mass is 536 g/mol. The largest absolute Gasteiger partial charge is 0.493 e. The molecule has 0 aromatic heterocycles. The Labute approximate surface area is 221 Å². The highest BCUT2D eigenvalue weighted by Gasteiger charge is 2.36. The van der Waals surface area contributed by atoms with Crippen LogP contribution in [0.1, 0.15) is 16.7 Å². The zero-order valence-electron chi connectivity index (χ0n) is 18.9. The van der Waals surface area contributed by atoms with E-state index in [9.17, 15) is 4.79 Å². The van der Waals surface area contributed by atoms with E-state index in [-0.39, 0.29) is 18.0 Å². The third kappa shape index (κ3) is 4.75. The Bertz CT molecular complexity index is 1490. The van der Waals surface area contributed by atoms with Crippen molar-refractivity contribution in [3.05, 3.63) is 99.0 Å². The van der Waals surface area contributed by atoms with Gasteiger partial charge in [-0.05, 0) is 47.7 Å². The molecule has 0 unspecified atom stereocenters. The molecule has 0 saturated carbocycles. The van der Waals surface area contributed by atoms with Crippen LogP contribution in [-0.2, 0) is 11.4 Å². The predicted molar refractivity (Wildman–Crippen MR) is 144 cm³/mol. The number of ether oxygens (including phenoxy) is 2. The highest BCUT2D eigenvalue weighted by molar-refractivity contribution is 8.27. The Hall–Kier alpha value is -3.59. The molecule has 10 heteroatoms. The SMILES string of the molecule is COc1cc(/C=C2\C(=N)N3N=C(c4ccccc4Cl)SC3=NC2=O)ccc1OCc1ccccc1Cl. The van der Waals surface area contributed by atoms with Crippen LogP contribution in [0, 0.1) is 5.41 Å². The Morgan fingerprint density at radius 2 is 1.78 bits per heavy atom. The first-order valence-electron chi connectivity index (χ1n) is 10.7. The summed E-state index contributed by atoms with van der Waals surface area (Å²) in [6.45, 7) is 0.273. The lowest BCUT2D eigenvalue weighted by Gasteiger charge is -2.20. The maximum Gasteiger partial charge on any atom is 0.283 e. The average Bonchev–Trinajstić information content (AvgIpc) is 3.30. The number of amides is 1.